The first-order valence-corrected chi connectivity index (χ1v) is 8.90. The van der Waals surface area contributed by atoms with Crippen LogP contribution in [0.2, 0.25) is 0 Å². The number of nitriles is 1. The van der Waals surface area contributed by atoms with Gasteiger partial charge in [-0.15, -0.1) is 0 Å². The second-order valence-electron chi connectivity index (χ2n) is 7.30. The second-order valence-corrected chi connectivity index (χ2v) is 7.30. The molecule has 0 bridgehead atoms. The zero-order chi connectivity index (χ0) is 18.0. The lowest BCUT2D eigenvalue weighted by molar-refractivity contribution is -0.124. The molecule has 0 unspecified atom stereocenters. The standard InChI is InChI=1S/C17H26N6O2/c1-12(16-19-13(2)21-25-16)23-8-6-22(7-9-23)10-15(24)20-17(3,11-18)14-4-5-14/h12,14H,4-10H2,1-3H3,(H,20,24)/t12-,17+/m1/s1. The van der Waals surface area contributed by atoms with Gasteiger partial charge in [-0.05, 0) is 39.5 Å². The lowest BCUT2D eigenvalue weighted by Crippen LogP contribution is -2.53. The van der Waals surface area contributed by atoms with Crippen molar-refractivity contribution in [3.63, 3.8) is 0 Å². The molecule has 2 atom stereocenters. The summed E-state index contributed by atoms with van der Waals surface area (Å²) in [5, 5.41) is 16.1. The maximum absolute atomic E-state index is 12.3. The van der Waals surface area contributed by atoms with Crippen molar-refractivity contribution in [2.24, 2.45) is 5.92 Å². The summed E-state index contributed by atoms with van der Waals surface area (Å²) in [6.45, 7) is 9.33. The Bertz CT molecular complexity index is 656. The first-order chi connectivity index (χ1) is 11.9. The Balaban J connectivity index is 1.46. The molecule has 0 aromatic carbocycles. The van der Waals surface area contributed by atoms with Crippen LogP contribution < -0.4 is 5.32 Å². The highest BCUT2D eigenvalue weighted by Crippen LogP contribution is 2.39. The smallest absolute Gasteiger partial charge is 0.243 e. The molecule has 1 saturated carbocycles. The molecule has 8 nitrogen and oxygen atoms in total. The van der Waals surface area contributed by atoms with Gasteiger partial charge >= 0.3 is 0 Å². The summed E-state index contributed by atoms with van der Waals surface area (Å²) in [5.74, 6) is 1.52. The summed E-state index contributed by atoms with van der Waals surface area (Å²) in [4.78, 5) is 21.0. The van der Waals surface area contributed by atoms with Gasteiger partial charge in [-0.1, -0.05) is 5.16 Å². The van der Waals surface area contributed by atoms with Crippen LogP contribution in [-0.2, 0) is 4.79 Å². The summed E-state index contributed by atoms with van der Waals surface area (Å²) in [5.41, 5.74) is -0.719. The van der Waals surface area contributed by atoms with Crippen LogP contribution in [0.5, 0.6) is 0 Å². The van der Waals surface area contributed by atoms with Gasteiger partial charge in [0.15, 0.2) is 5.82 Å². The van der Waals surface area contributed by atoms with Crippen molar-refractivity contribution in [3.8, 4) is 6.07 Å². The minimum Gasteiger partial charge on any atom is -0.338 e. The zero-order valence-electron chi connectivity index (χ0n) is 15.2. The number of hydrogen-bond acceptors (Lipinski definition) is 7. The number of aryl methyl sites for hydroxylation is 1. The fraction of sp³-hybridized carbons (Fsp3) is 0.765. The van der Waals surface area contributed by atoms with Gasteiger partial charge in [-0.25, -0.2) is 0 Å². The van der Waals surface area contributed by atoms with Gasteiger partial charge in [0.2, 0.25) is 11.8 Å². The van der Waals surface area contributed by atoms with E-state index in [-0.39, 0.29) is 11.9 Å². The SMILES string of the molecule is Cc1noc([C@@H](C)N2CCN(CC(=O)N[C@@](C)(C#N)C3CC3)CC2)n1. The Kier molecular flexibility index (Phi) is 5.06. The largest absolute Gasteiger partial charge is 0.338 e. The Hall–Kier alpha value is -1.98. The lowest BCUT2D eigenvalue weighted by atomic mass is 9.98. The summed E-state index contributed by atoms with van der Waals surface area (Å²) < 4.78 is 5.26. The molecule has 1 N–H and O–H groups in total. The number of piperazine rings is 1. The number of rotatable bonds is 6. The van der Waals surface area contributed by atoms with Crippen molar-refractivity contribution in [2.75, 3.05) is 32.7 Å². The second kappa shape index (κ2) is 7.10. The Morgan fingerprint density at radius 2 is 2.12 bits per heavy atom. The maximum atomic E-state index is 12.3. The first kappa shape index (κ1) is 17.8. The minimum absolute atomic E-state index is 0.0648. The van der Waals surface area contributed by atoms with E-state index in [0.717, 1.165) is 39.0 Å². The van der Waals surface area contributed by atoms with Gasteiger partial charge in [-0.3, -0.25) is 14.6 Å². The molecule has 1 aromatic rings. The van der Waals surface area contributed by atoms with E-state index >= 15 is 0 Å². The molecule has 2 fully saturated rings. The van der Waals surface area contributed by atoms with Crippen LogP contribution in [0.15, 0.2) is 4.52 Å². The molecule has 8 heteroatoms. The van der Waals surface area contributed by atoms with Crippen molar-refractivity contribution in [2.45, 2.75) is 45.2 Å². The molecule has 1 aliphatic carbocycles. The van der Waals surface area contributed by atoms with Gasteiger partial charge in [0.1, 0.15) is 5.54 Å². The molecule has 25 heavy (non-hydrogen) atoms. The van der Waals surface area contributed by atoms with Crippen molar-refractivity contribution >= 4 is 5.91 Å². The van der Waals surface area contributed by atoms with Crippen LogP contribution in [-0.4, -0.2) is 64.1 Å². The number of carbonyl (C=O) groups is 1. The van der Waals surface area contributed by atoms with Crippen LogP contribution in [0.3, 0.4) is 0 Å². The average molecular weight is 346 g/mol. The highest BCUT2D eigenvalue weighted by molar-refractivity contribution is 5.79. The van der Waals surface area contributed by atoms with Gasteiger partial charge in [-0.2, -0.15) is 10.2 Å². The number of aromatic nitrogens is 2. The number of hydrogen-bond donors (Lipinski definition) is 1. The molecule has 136 valence electrons. The molecular formula is C17H26N6O2. The highest BCUT2D eigenvalue weighted by atomic mass is 16.5. The third-order valence-electron chi connectivity index (χ3n) is 5.25. The molecule has 0 spiro atoms. The first-order valence-electron chi connectivity index (χ1n) is 8.90. The van der Waals surface area contributed by atoms with Gasteiger partial charge in [0.05, 0.1) is 18.7 Å². The zero-order valence-corrected chi connectivity index (χ0v) is 15.2. The number of amides is 1. The fourth-order valence-corrected chi connectivity index (χ4v) is 3.36. The quantitative estimate of drug-likeness (QED) is 0.816. The van der Waals surface area contributed by atoms with Crippen LogP contribution in [0, 0.1) is 24.2 Å². The lowest BCUT2D eigenvalue weighted by Gasteiger charge is -2.36. The Morgan fingerprint density at radius 1 is 1.44 bits per heavy atom. The van der Waals surface area contributed by atoms with E-state index in [1.54, 1.807) is 0 Å². The summed E-state index contributed by atoms with van der Waals surface area (Å²) >= 11 is 0. The molecule has 2 aliphatic rings. The van der Waals surface area contributed by atoms with Crippen LogP contribution >= 0.6 is 0 Å². The molecule has 1 saturated heterocycles. The molecule has 1 aromatic heterocycles. The summed E-state index contributed by atoms with van der Waals surface area (Å²) in [6, 6.07) is 2.35. The van der Waals surface area contributed by atoms with E-state index in [9.17, 15) is 10.1 Å². The van der Waals surface area contributed by atoms with Crippen molar-refractivity contribution in [1.82, 2.24) is 25.3 Å². The van der Waals surface area contributed by atoms with Gasteiger partial charge < -0.3 is 9.84 Å². The average Bonchev–Trinajstić information content (AvgIpc) is 3.37. The highest BCUT2D eigenvalue weighted by Gasteiger charge is 2.43. The van der Waals surface area contributed by atoms with Crippen LogP contribution in [0.4, 0.5) is 0 Å². The van der Waals surface area contributed by atoms with E-state index in [4.69, 9.17) is 4.52 Å². The van der Waals surface area contributed by atoms with Crippen LogP contribution in [0.1, 0.15) is 44.4 Å². The van der Waals surface area contributed by atoms with Crippen molar-refractivity contribution in [1.29, 1.82) is 5.26 Å². The fourth-order valence-electron chi connectivity index (χ4n) is 3.36. The Labute approximate surface area is 148 Å². The summed E-state index contributed by atoms with van der Waals surface area (Å²) in [6.07, 6.45) is 2.05. The maximum Gasteiger partial charge on any atom is 0.243 e. The van der Waals surface area contributed by atoms with E-state index in [1.807, 2.05) is 13.8 Å². The minimum atomic E-state index is -0.719. The van der Waals surface area contributed by atoms with Crippen LogP contribution in [0.25, 0.3) is 0 Å². The predicted molar refractivity (Wildman–Crippen MR) is 90.3 cm³/mol. The van der Waals surface area contributed by atoms with Gasteiger partial charge in [0, 0.05) is 26.2 Å². The molecular weight excluding hydrogens is 320 g/mol. The number of carbonyl (C=O) groups excluding carboxylic acids is 1. The van der Waals surface area contributed by atoms with E-state index in [2.05, 4.69) is 38.3 Å². The Morgan fingerprint density at radius 3 is 2.64 bits per heavy atom. The predicted octanol–water partition coefficient (Wildman–Crippen LogP) is 0.865. The third-order valence-corrected chi connectivity index (χ3v) is 5.25. The normalized spacial score (nSPS) is 22.8. The van der Waals surface area contributed by atoms with Crippen molar-refractivity contribution in [3.05, 3.63) is 11.7 Å². The number of nitrogens with one attached hydrogen (secondary N) is 1. The van der Waals surface area contributed by atoms with Gasteiger partial charge in [0.25, 0.3) is 0 Å². The molecule has 0 radical (unpaired) electrons. The molecule has 1 aliphatic heterocycles. The topological polar surface area (TPSA) is 98.3 Å². The monoisotopic (exact) mass is 346 g/mol. The number of nitrogens with zero attached hydrogens (tertiary/aromatic N) is 5. The van der Waals surface area contributed by atoms with E-state index in [1.165, 1.54) is 0 Å². The van der Waals surface area contributed by atoms with E-state index < -0.39 is 5.54 Å². The van der Waals surface area contributed by atoms with E-state index in [0.29, 0.717) is 24.2 Å². The molecule has 1 amide bonds. The third kappa shape index (κ3) is 4.17. The van der Waals surface area contributed by atoms with Crippen molar-refractivity contribution < 1.29 is 9.32 Å². The molecule has 2 heterocycles. The molecule has 3 rings (SSSR count). The summed E-state index contributed by atoms with van der Waals surface area (Å²) in [7, 11) is 0.